The zero-order valence-corrected chi connectivity index (χ0v) is 20.8. The quantitative estimate of drug-likeness (QED) is 0.531. The highest BCUT2D eigenvalue weighted by molar-refractivity contribution is 6.29. The van der Waals surface area contributed by atoms with Gasteiger partial charge in [-0.3, -0.25) is 9.69 Å². The molecule has 4 rings (SSSR count). The molecule has 1 aliphatic carbocycles. The van der Waals surface area contributed by atoms with Crippen molar-refractivity contribution in [2.24, 2.45) is 11.8 Å². The van der Waals surface area contributed by atoms with Crippen LogP contribution in [0.3, 0.4) is 0 Å². The molecule has 1 aromatic carbocycles. The van der Waals surface area contributed by atoms with Gasteiger partial charge in [0.1, 0.15) is 11.4 Å². The van der Waals surface area contributed by atoms with Crippen molar-refractivity contribution in [1.82, 2.24) is 15.1 Å². The van der Waals surface area contributed by atoms with Crippen molar-refractivity contribution >= 4 is 23.5 Å². The molecular weight excluding hydrogens is 471 g/mol. The molecule has 0 N–H and O–H groups in total. The predicted octanol–water partition coefficient (Wildman–Crippen LogP) is 5.37. The molecule has 2 aliphatic rings. The van der Waals surface area contributed by atoms with Gasteiger partial charge in [0.2, 0.25) is 0 Å². The Bertz CT molecular complexity index is 1160. The van der Waals surface area contributed by atoms with E-state index in [0.29, 0.717) is 16.8 Å². The molecule has 1 saturated carbocycles. The average molecular weight is 499 g/mol. The maximum absolute atomic E-state index is 14.9. The van der Waals surface area contributed by atoms with Gasteiger partial charge in [-0.05, 0) is 76.1 Å². The fourth-order valence-electron chi connectivity index (χ4n) is 5.12. The number of nitrogens with zero attached hydrogens (tertiary/aromatic N) is 4. The smallest absolute Gasteiger partial charge is 0.411 e. The van der Waals surface area contributed by atoms with Crippen molar-refractivity contribution in [2.45, 2.75) is 70.6 Å². The number of aromatic nitrogens is 2. The summed E-state index contributed by atoms with van der Waals surface area (Å²) in [5.74, 6) is -1.28. The second-order valence-electron chi connectivity index (χ2n) is 10.3. The van der Waals surface area contributed by atoms with Gasteiger partial charge in [-0.2, -0.15) is 5.26 Å². The highest BCUT2D eigenvalue weighted by Crippen LogP contribution is 2.44. The van der Waals surface area contributed by atoms with Gasteiger partial charge in [-0.15, -0.1) is 10.2 Å². The summed E-state index contributed by atoms with van der Waals surface area (Å²) >= 11 is 5.76. The van der Waals surface area contributed by atoms with Gasteiger partial charge in [0.25, 0.3) is 0 Å². The normalized spacial score (nSPS) is 22.1. The monoisotopic (exact) mass is 498 g/mol. The number of carbonyl (C=O) groups is 2. The minimum Gasteiger partial charge on any atom is -0.444 e. The molecule has 9 heteroatoms. The van der Waals surface area contributed by atoms with Crippen LogP contribution < -0.4 is 0 Å². The maximum atomic E-state index is 14.9. The number of carbonyl (C=O) groups excluding carboxylic acids is 2. The fourth-order valence-corrected chi connectivity index (χ4v) is 5.22. The fraction of sp³-hybridized carbons (Fsp3) is 0.500. The molecule has 1 aliphatic heterocycles. The van der Waals surface area contributed by atoms with Gasteiger partial charge in [-0.25, -0.2) is 9.18 Å². The van der Waals surface area contributed by atoms with Crippen LogP contribution in [0.4, 0.5) is 9.18 Å². The molecule has 4 atom stereocenters. The minimum absolute atomic E-state index is 0.00899. The van der Waals surface area contributed by atoms with Crippen molar-refractivity contribution in [1.29, 1.82) is 5.26 Å². The van der Waals surface area contributed by atoms with E-state index < -0.39 is 29.5 Å². The molecule has 7 nitrogen and oxygen atoms in total. The number of Topliss-reactive ketones (excluding diaryl/α,β-unsaturated/α-hetero) is 1. The molecule has 35 heavy (non-hydrogen) atoms. The summed E-state index contributed by atoms with van der Waals surface area (Å²) in [6.07, 6.45) is 2.06. The zero-order chi connectivity index (χ0) is 25.3. The van der Waals surface area contributed by atoms with Crippen molar-refractivity contribution in [3.8, 4) is 17.3 Å². The van der Waals surface area contributed by atoms with Crippen LogP contribution in [0.2, 0.25) is 5.15 Å². The molecular formula is C26H28ClFN4O3. The number of nitriles is 1. The number of likely N-dealkylation sites (tertiary alicyclic amines) is 1. The van der Waals surface area contributed by atoms with Crippen LogP contribution >= 0.6 is 11.6 Å². The van der Waals surface area contributed by atoms with E-state index >= 15 is 0 Å². The standard InChI is InChI=1S/C26H28ClFN4O3/c1-26(2,3)35-25(34)32-19-7-6-18(12-19)24(32)22(33)11-15(14-29)10-16-4-5-17(13-20(16)28)21-8-9-23(27)31-30-21/h4-5,8-9,13,15,18-19,24H,6-7,10-12H2,1-3H3/t15?,18-,19+,24-/m0/s1. The van der Waals surface area contributed by atoms with Gasteiger partial charge in [0.05, 0.1) is 23.7 Å². The Balaban J connectivity index is 1.45. The van der Waals surface area contributed by atoms with E-state index in [2.05, 4.69) is 16.3 Å². The number of hydrogen-bond donors (Lipinski definition) is 0. The van der Waals surface area contributed by atoms with Gasteiger partial charge < -0.3 is 4.74 Å². The van der Waals surface area contributed by atoms with Gasteiger partial charge >= 0.3 is 6.09 Å². The molecule has 1 aromatic heterocycles. The highest BCUT2D eigenvalue weighted by atomic mass is 35.5. The average Bonchev–Trinajstić information content (AvgIpc) is 3.41. The second-order valence-corrected chi connectivity index (χ2v) is 10.7. The first-order valence-corrected chi connectivity index (χ1v) is 12.1. The first-order valence-electron chi connectivity index (χ1n) is 11.8. The van der Waals surface area contributed by atoms with Crippen LogP contribution in [0.5, 0.6) is 0 Å². The summed E-state index contributed by atoms with van der Waals surface area (Å²) in [6, 6.07) is 9.41. The van der Waals surface area contributed by atoms with Crippen molar-refractivity contribution in [3.05, 3.63) is 46.9 Å². The summed E-state index contributed by atoms with van der Waals surface area (Å²) in [6.45, 7) is 5.38. The molecule has 2 aromatic rings. The summed E-state index contributed by atoms with van der Waals surface area (Å²) in [7, 11) is 0. The molecule has 0 spiro atoms. The first kappa shape index (κ1) is 25.1. The molecule has 2 fully saturated rings. The number of fused-ring (bicyclic) bond motifs is 2. The molecule has 1 amide bonds. The summed E-state index contributed by atoms with van der Waals surface area (Å²) in [5.41, 5.74) is 0.690. The number of hydrogen-bond acceptors (Lipinski definition) is 6. The number of benzene rings is 1. The van der Waals surface area contributed by atoms with E-state index in [0.717, 1.165) is 19.3 Å². The van der Waals surface area contributed by atoms with E-state index in [1.807, 2.05) is 0 Å². The number of piperidine rings is 1. The number of amides is 1. The predicted molar refractivity (Wildman–Crippen MR) is 128 cm³/mol. The third-order valence-electron chi connectivity index (χ3n) is 6.60. The third-order valence-corrected chi connectivity index (χ3v) is 6.80. The lowest BCUT2D eigenvalue weighted by molar-refractivity contribution is -0.126. The minimum atomic E-state index is -0.710. The lowest BCUT2D eigenvalue weighted by Crippen LogP contribution is -2.51. The lowest BCUT2D eigenvalue weighted by atomic mass is 9.87. The molecule has 184 valence electrons. The Morgan fingerprint density at radius 1 is 1.26 bits per heavy atom. The Labute approximate surface area is 209 Å². The van der Waals surface area contributed by atoms with Crippen LogP contribution in [0.25, 0.3) is 11.3 Å². The topological polar surface area (TPSA) is 96.2 Å². The molecule has 1 unspecified atom stereocenters. The number of rotatable bonds is 6. The Morgan fingerprint density at radius 3 is 2.66 bits per heavy atom. The Kier molecular flexibility index (Phi) is 7.09. The number of halogens is 2. The lowest BCUT2D eigenvalue weighted by Gasteiger charge is -2.35. The zero-order valence-electron chi connectivity index (χ0n) is 20.0. The molecule has 2 heterocycles. The van der Waals surface area contributed by atoms with Crippen molar-refractivity contribution < 1.29 is 18.7 Å². The largest absolute Gasteiger partial charge is 0.444 e. The number of ketones is 1. The summed E-state index contributed by atoms with van der Waals surface area (Å²) < 4.78 is 20.4. The molecule has 0 radical (unpaired) electrons. The van der Waals surface area contributed by atoms with Crippen LogP contribution in [-0.4, -0.2) is 44.7 Å². The maximum Gasteiger partial charge on any atom is 0.411 e. The van der Waals surface area contributed by atoms with Gasteiger partial charge in [0, 0.05) is 18.0 Å². The van der Waals surface area contributed by atoms with Crippen molar-refractivity contribution in [3.63, 3.8) is 0 Å². The van der Waals surface area contributed by atoms with Gasteiger partial charge in [0.15, 0.2) is 10.9 Å². The van der Waals surface area contributed by atoms with Crippen LogP contribution in [0, 0.1) is 29.0 Å². The summed E-state index contributed by atoms with van der Waals surface area (Å²) in [5, 5.41) is 17.7. The Morgan fingerprint density at radius 2 is 2.03 bits per heavy atom. The van der Waals surface area contributed by atoms with Crippen LogP contribution in [0.1, 0.15) is 52.0 Å². The van der Waals surface area contributed by atoms with E-state index in [-0.39, 0.29) is 35.7 Å². The number of ether oxygens (including phenoxy) is 1. The highest BCUT2D eigenvalue weighted by Gasteiger charge is 2.52. The van der Waals surface area contributed by atoms with Crippen LogP contribution in [0.15, 0.2) is 30.3 Å². The van der Waals surface area contributed by atoms with Crippen LogP contribution in [-0.2, 0) is 16.0 Å². The molecule has 2 bridgehead atoms. The van der Waals surface area contributed by atoms with Gasteiger partial charge in [-0.1, -0.05) is 23.7 Å². The van der Waals surface area contributed by atoms with E-state index in [1.165, 1.54) is 6.07 Å². The first-order chi connectivity index (χ1) is 16.6. The summed E-state index contributed by atoms with van der Waals surface area (Å²) in [4.78, 5) is 27.7. The second kappa shape index (κ2) is 9.90. The van der Waals surface area contributed by atoms with E-state index in [1.54, 1.807) is 49.9 Å². The SMILES string of the molecule is CC(C)(C)OC(=O)N1[C@@H]2CC[C@@H](C2)[C@H]1C(=O)CC(C#N)Cc1ccc(-c2ccc(Cl)nn2)cc1F. The van der Waals surface area contributed by atoms with E-state index in [4.69, 9.17) is 16.3 Å². The van der Waals surface area contributed by atoms with E-state index in [9.17, 15) is 19.2 Å². The Hall–Kier alpha value is -3.05. The third kappa shape index (κ3) is 5.62. The van der Waals surface area contributed by atoms with Crippen molar-refractivity contribution in [2.75, 3.05) is 0 Å². The molecule has 1 saturated heterocycles.